The van der Waals surface area contributed by atoms with Crippen LogP contribution in [0.25, 0.3) is 0 Å². The minimum absolute atomic E-state index is 0.0380. The first-order valence-electron chi connectivity index (χ1n) is 13.7. The SMILES string of the molecule is CCCCC(CC)CNc1nc(N)nc(NCCCN(C)c2ccc(N=Nc3ccc(N=O)cc3[N+](=O)[O-])cc2)n1. The molecule has 0 aliphatic rings. The zero-order chi connectivity index (χ0) is 29.6. The summed E-state index contributed by atoms with van der Waals surface area (Å²) in [6, 6.07) is 11.1. The molecule has 1 heterocycles. The first-order valence-corrected chi connectivity index (χ1v) is 13.7. The molecule has 2 aromatic carbocycles. The lowest BCUT2D eigenvalue weighted by atomic mass is 9.99. The van der Waals surface area contributed by atoms with Crippen LogP contribution in [0.2, 0.25) is 0 Å². The molecule has 0 aliphatic carbocycles. The summed E-state index contributed by atoms with van der Waals surface area (Å²) in [7, 11) is 1.98. The number of benzene rings is 2. The summed E-state index contributed by atoms with van der Waals surface area (Å²) in [6.07, 6.45) is 5.48. The van der Waals surface area contributed by atoms with E-state index in [1.807, 2.05) is 19.2 Å². The van der Waals surface area contributed by atoms with E-state index in [9.17, 15) is 15.0 Å². The third kappa shape index (κ3) is 9.74. The van der Waals surface area contributed by atoms with Crippen molar-refractivity contribution in [3.05, 3.63) is 57.5 Å². The molecule has 3 rings (SSSR count). The van der Waals surface area contributed by atoms with Gasteiger partial charge in [0.25, 0.3) is 5.69 Å². The fraction of sp³-hybridized carbons (Fsp3) is 0.444. The van der Waals surface area contributed by atoms with Gasteiger partial charge in [0, 0.05) is 38.4 Å². The van der Waals surface area contributed by atoms with E-state index in [2.05, 4.69) is 59.7 Å². The average molecular weight is 564 g/mol. The van der Waals surface area contributed by atoms with Crippen LogP contribution in [-0.4, -0.2) is 46.6 Å². The number of aromatic nitrogens is 3. The molecule has 0 saturated carbocycles. The van der Waals surface area contributed by atoms with Crippen LogP contribution in [0.1, 0.15) is 46.0 Å². The van der Waals surface area contributed by atoms with Crippen LogP contribution in [0, 0.1) is 20.9 Å². The Morgan fingerprint density at radius 1 is 1.00 bits per heavy atom. The van der Waals surface area contributed by atoms with Crippen LogP contribution in [-0.2, 0) is 0 Å². The number of nitroso groups, excluding NO2 is 1. The molecule has 0 bridgehead atoms. The molecule has 1 atom stereocenters. The van der Waals surface area contributed by atoms with Crippen molar-refractivity contribution < 1.29 is 4.92 Å². The molecule has 1 aromatic heterocycles. The van der Waals surface area contributed by atoms with Gasteiger partial charge in [-0.05, 0) is 60.3 Å². The number of nitrogens with two attached hydrogens (primary N) is 1. The van der Waals surface area contributed by atoms with Crippen LogP contribution in [0.5, 0.6) is 0 Å². The van der Waals surface area contributed by atoms with Gasteiger partial charge in [-0.1, -0.05) is 33.1 Å². The molecular weight excluding hydrogens is 526 g/mol. The Hall–Kier alpha value is -4.75. The minimum Gasteiger partial charge on any atom is -0.375 e. The van der Waals surface area contributed by atoms with E-state index in [1.165, 1.54) is 31.4 Å². The molecule has 0 amide bonds. The number of azo groups is 1. The lowest BCUT2D eigenvalue weighted by molar-refractivity contribution is -0.384. The van der Waals surface area contributed by atoms with Crippen LogP contribution < -0.4 is 21.3 Å². The van der Waals surface area contributed by atoms with Gasteiger partial charge in [-0.2, -0.15) is 20.1 Å². The minimum atomic E-state index is -0.626. The van der Waals surface area contributed by atoms with Crippen molar-refractivity contribution in [2.45, 2.75) is 46.0 Å². The first kappa shape index (κ1) is 30.8. The number of hydrogen-bond donors (Lipinski definition) is 3. The predicted molar refractivity (Wildman–Crippen MR) is 162 cm³/mol. The maximum atomic E-state index is 11.3. The number of nitrogens with zero attached hydrogens (tertiary/aromatic N) is 8. The smallest absolute Gasteiger partial charge is 0.299 e. The maximum Gasteiger partial charge on any atom is 0.299 e. The first-order chi connectivity index (χ1) is 19.8. The third-order valence-electron chi connectivity index (χ3n) is 6.52. The van der Waals surface area contributed by atoms with Crippen molar-refractivity contribution in [1.82, 2.24) is 15.0 Å². The van der Waals surface area contributed by atoms with Crippen molar-refractivity contribution in [3.63, 3.8) is 0 Å². The Kier molecular flexibility index (Phi) is 11.8. The van der Waals surface area contributed by atoms with Crippen molar-refractivity contribution in [2.24, 2.45) is 21.3 Å². The van der Waals surface area contributed by atoms with Crippen LogP contribution in [0.4, 0.5) is 46.3 Å². The van der Waals surface area contributed by atoms with E-state index in [4.69, 9.17) is 5.73 Å². The summed E-state index contributed by atoms with van der Waals surface area (Å²) in [5.41, 5.74) is 7.05. The molecule has 0 radical (unpaired) electrons. The molecule has 1 unspecified atom stereocenters. The second-order valence-corrected chi connectivity index (χ2v) is 9.58. The average Bonchev–Trinajstić information content (AvgIpc) is 2.98. The van der Waals surface area contributed by atoms with Gasteiger partial charge in [-0.3, -0.25) is 10.1 Å². The second kappa shape index (κ2) is 15.7. The molecule has 0 spiro atoms. The molecule has 14 nitrogen and oxygen atoms in total. The second-order valence-electron chi connectivity index (χ2n) is 9.58. The molecule has 41 heavy (non-hydrogen) atoms. The molecular formula is C27H37N11O3. The largest absolute Gasteiger partial charge is 0.375 e. The summed E-state index contributed by atoms with van der Waals surface area (Å²) in [6.45, 7) is 6.60. The van der Waals surface area contributed by atoms with Gasteiger partial charge in [0.2, 0.25) is 17.8 Å². The molecule has 14 heteroatoms. The van der Waals surface area contributed by atoms with Crippen LogP contribution in [0.3, 0.4) is 0 Å². The van der Waals surface area contributed by atoms with Crippen LogP contribution >= 0.6 is 0 Å². The van der Waals surface area contributed by atoms with Gasteiger partial charge in [-0.25, -0.2) is 0 Å². The maximum absolute atomic E-state index is 11.3. The number of anilines is 4. The molecule has 3 aromatic rings. The van der Waals surface area contributed by atoms with Gasteiger partial charge < -0.3 is 21.3 Å². The van der Waals surface area contributed by atoms with Crippen molar-refractivity contribution in [2.75, 3.05) is 47.9 Å². The fourth-order valence-corrected chi connectivity index (χ4v) is 4.06. The fourth-order valence-electron chi connectivity index (χ4n) is 4.06. The highest BCUT2D eigenvalue weighted by Gasteiger charge is 2.15. The van der Waals surface area contributed by atoms with E-state index in [-0.39, 0.29) is 23.0 Å². The van der Waals surface area contributed by atoms with Crippen molar-refractivity contribution in [3.8, 4) is 0 Å². The Morgan fingerprint density at radius 2 is 1.71 bits per heavy atom. The topological polar surface area (TPSA) is 189 Å². The van der Waals surface area contributed by atoms with E-state index in [0.29, 0.717) is 30.0 Å². The molecule has 0 aliphatic heterocycles. The monoisotopic (exact) mass is 563 g/mol. The van der Waals surface area contributed by atoms with E-state index >= 15 is 0 Å². The summed E-state index contributed by atoms with van der Waals surface area (Å²) in [5.74, 6) is 1.66. The lowest BCUT2D eigenvalue weighted by Gasteiger charge is -2.19. The molecule has 218 valence electrons. The highest BCUT2D eigenvalue weighted by molar-refractivity contribution is 5.63. The zero-order valence-corrected chi connectivity index (χ0v) is 23.7. The number of rotatable bonds is 17. The Bertz CT molecular complexity index is 1320. The van der Waals surface area contributed by atoms with Gasteiger partial charge >= 0.3 is 0 Å². The lowest BCUT2D eigenvalue weighted by Crippen LogP contribution is -2.21. The summed E-state index contributed by atoms with van der Waals surface area (Å²) < 4.78 is 0. The van der Waals surface area contributed by atoms with E-state index in [0.717, 1.165) is 37.7 Å². The number of hydrogen-bond acceptors (Lipinski definition) is 13. The number of nitrogen functional groups attached to an aromatic ring is 1. The quantitative estimate of drug-likeness (QED) is 0.0521. The normalized spacial score (nSPS) is 11.8. The predicted octanol–water partition coefficient (Wildman–Crippen LogP) is 6.74. The summed E-state index contributed by atoms with van der Waals surface area (Å²) in [5, 5.41) is 28.6. The molecule has 0 fully saturated rings. The zero-order valence-electron chi connectivity index (χ0n) is 23.7. The Labute approximate surface area is 239 Å². The summed E-state index contributed by atoms with van der Waals surface area (Å²) >= 11 is 0. The van der Waals surface area contributed by atoms with Crippen molar-refractivity contribution >= 4 is 46.3 Å². The standard InChI is InChI=1S/C27H37N11O3/c1-4-6-8-19(5-2)18-30-27-32-25(28)31-26(33-27)29-15-7-16-37(3)22-12-9-20(10-13-22)34-35-23-14-11-21(36-39)17-24(23)38(40)41/h9-14,17,19H,4-8,15-16,18H2,1-3H3,(H4,28,29,30,31,32,33). The van der Waals surface area contributed by atoms with Crippen LogP contribution in [0.15, 0.2) is 57.9 Å². The molecule has 0 saturated heterocycles. The van der Waals surface area contributed by atoms with E-state index in [1.54, 1.807) is 12.1 Å². The number of unbranched alkanes of at least 4 members (excludes halogenated alkanes) is 1. The third-order valence-corrected chi connectivity index (χ3v) is 6.52. The Balaban J connectivity index is 1.49. The Morgan fingerprint density at radius 3 is 2.37 bits per heavy atom. The van der Waals surface area contributed by atoms with Crippen molar-refractivity contribution in [1.29, 1.82) is 0 Å². The number of nitro groups is 1. The van der Waals surface area contributed by atoms with Gasteiger partial charge in [-0.15, -0.1) is 10.0 Å². The number of nitro benzene ring substituents is 1. The van der Waals surface area contributed by atoms with Gasteiger partial charge in [0.15, 0.2) is 5.69 Å². The summed E-state index contributed by atoms with van der Waals surface area (Å²) in [4.78, 5) is 36.2. The highest BCUT2D eigenvalue weighted by Crippen LogP contribution is 2.33. The highest BCUT2D eigenvalue weighted by atomic mass is 16.6. The number of nitrogens with one attached hydrogen (secondary N) is 2. The van der Waals surface area contributed by atoms with Gasteiger partial charge in [0.05, 0.1) is 10.6 Å². The van der Waals surface area contributed by atoms with Gasteiger partial charge in [0.1, 0.15) is 5.69 Å². The van der Waals surface area contributed by atoms with E-state index < -0.39 is 4.92 Å². The molecule has 4 N–H and O–H groups in total.